The van der Waals surface area contributed by atoms with Crippen LogP contribution in [0.15, 0.2) is 11.4 Å². The van der Waals surface area contributed by atoms with Crippen molar-refractivity contribution in [3.05, 3.63) is 22.2 Å². The molecule has 4 aliphatic rings. The summed E-state index contributed by atoms with van der Waals surface area (Å²) in [7, 11) is 0. The maximum Gasteiger partial charge on any atom is 0.271 e. The number of H-pyrrole nitrogens is 1. The van der Waals surface area contributed by atoms with Crippen LogP contribution in [0, 0.1) is 23.2 Å². The molecule has 5 heterocycles. The third-order valence-corrected chi connectivity index (χ3v) is 8.49. The summed E-state index contributed by atoms with van der Waals surface area (Å²) in [5.41, 5.74) is 0.764. The average Bonchev–Trinajstić information content (AvgIpc) is 3.49. The van der Waals surface area contributed by atoms with E-state index < -0.39 is 54.1 Å². The van der Waals surface area contributed by atoms with Crippen LogP contribution in [0.4, 0.5) is 8.78 Å². The Kier molecular flexibility index (Phi) is 5.76. The third kappa shape index (κ3) is 3.82. The van der Waals surface area contributed by atoms with Gasteiger partial charge in [-0.05, 0) is 31.7 Å². The number of halogens is 3. The minimum absolute atomic E-state index is 0.0879. The highest BCUT2D eigenvalue weighted by atomic mass is 35.5. The summed E-state index contributed by atoms with van der Waals surface area (Å²) in [5.74, 6) is -6.42. The number of carbonyl (C=O) groups excluding carboxylic acids is 3. The van der Waals surface area contributed by atoms with Crippen LogP contribution in [0.3, 0.4) is 0 Å². The molecule has 34 heavy (non-hydrogen) atoms. The van der Waals surface area contributed by atoms with E-state index in [1.165, 1.54) is 16.2 Å². The molecular formula is C22H22ClF2N5O3S. The van der Waals surface area contributed by atoms with E-state index in [1.54, 1.807) is 11.4 Å². The van der Waals surface area contributed by atoms with Crippen LogP contribution < -0.4 is 10.6 Å². The van der Waals surface area contributed by atoms with Crippen molar-refractivity contribution in [2.24, 2.45) is 11.8 Å². The van der Waals surface area contributed by atoms with Crippen LogP contribution >= 0.6 is 22.9 Å². The van der Waals surface area contributed by atoms with Gasteiger partial charge >= 0.3 is 0 Å². The summed E-state index contributed by atoms with van der Waals surface area (Å²) < 4.78 is 30.5. The zero-order valence-corrected chi connectivity index (χ0v) is 19.5. The molecule has 3 amide bonds. The van der Waals surface area contributed by atoms with Crippen molar-refractivity contribution < 1.29 is 23.2 Å². The first-order valence-electron chi connectivity index (χ1n) is 11.1. The molecule has 12 heteroatoms. The number of amides is 3. The molecule has 2 aromatic rings. The first-order valence-corrected chi connectivity index (χ1v) is 12.4. The molecule has 2 aromatic heterocycles. The topological polar surface area (TPSA) is 118 Å². The third-order valence-electron chi connectivity index (χ3n) is 7.13. The second-order valence-corrected chi connectivity index (χ2v) is 10.5. The summed E-state index contributed by atoms with van der Waals surface area (Å²) in [6.45, 7) is 0.494. The summed E-state index contributed by atoms with van der Waals surface area (Å²) in [4.78, 5) is 42.9. The molecule has 3 N–H and O–H groups in total. The lowest BCUT2D eigenvalue weighted by atomic mass is 9.71. The van der Waals surface area contributed by atoms with E-state index in [1.807, 2.05) is 6.07 Å². The van der Waals surface area contributed by atoms with Crippen LogP contribution in [-0.2, 0) is 9.59 Å². The highest BCUT2D eigenvalue weighted by molar-refractivity contribution is 7.17. The first-order chi connectivity index (χ1) is 16.2. The number of carbonyl (C=O) groups is 3. The van der Waals surface area contributed by atoms with Gasteiger partial charge in [0.15, 0.2) is 0 Å². The maximum absolute atomic E-state index is 14.9. The Labute approximate surface area is 202 Å². The van der Waals surface area contributed by atoms with E-state index in [-0.39, 0.29) is 24.4 Å². The molecule has 180 valence electrons. The average molecular weight is 510 g/mol. The Balaban J connectivity index is 1.42. The molecule has 1 aliphatic carbocycles. The number of fused-ring (bicyclic) bond motifs is 4. The number of thiophene rings is 1. The summed E-state index contributed by atoms with van der Waals surface area (Å²) in [6, 6.07) is 0.323. The summed E-state index contributed by atoms with van der Waals surface area (Å²) in [5, 5.41) is 16.9. The van der Waals surface area contributed by atoms with Crippen molar-refractivity contribution in [2.45, 2.75) is 56.2 Å². The highest BCUT2D eigenvalue weighted by Crippen LogP contribution is 2.49. The van der Waals surface area contributed by atoms with Gasteiger partial charge in [-0.2, -0.15) is 5.26 Å². The number of piperidine rings is 2. The van der Waals surface area contributed by atoms with Crippen LogP contribution in [0.25, 0.3) is 10.2 Å². The molecule has 2 bridgehead atoms. The normalized spacial score (nSPS) is 28.5. The number of aromatic nitrogens is 1. The molecule has 6 rings (SSSR count). The first kappa shape index (κ1) is 23.1. The SMILES string of the molecule is N#C[C@@H](C[C@H]1CCNC1=O)NC(=O)[C@H]1[C@@H]2CC[C@@H](CC2(F)F)N1C(=O)c1cc2scc(Cl)c2[nH]1. The van der Waals surface area contributed by atoms with Crippen molar-refractivity contribution in [1.29, 1.82) is 5.26 Å². The number of aromatic amines is 1. The van der Waals surface area contributed by atoms with Gasteiger partial charge in [0.2, 0.25) is 11.8 Å². The largest absolute Gasteiger partial charge is 0.356 e. The molecule has 3 saturated heterocycles. The monoisotopic (exact) mass is 509 g/mol. The fraction of sp³-hybridized carbons (Fsp3) is 0.545. The fourth-order valence-electron chi connectivity index (χ4n) is 5.49. The second-order valence-electron chi connectivity index (χ2n) is 9.17. The van der Waals surface area contributed by atoms with Gasteiger partial charge in [0.1, 0.15) is 17.8 Å². The number of nitrogens with one attached hydrogen (secondary N) is 3. The Morgan fingerprint density at radius 3 is 2.82 bits per heavy atom. The van der Waals surface area contributed by atoms with Gasteiger partial charge in [-0.15, -0.1) is 11.3 Å². The van der Waals surface area contributed by atoms with Crippen molar-refractivity contribution in [2.75, 3.05) is 6.54 Å². The minimum atomic E-state index is -3.10. The molecule has 1 saturated carbocycles. The zero-order valence-electron chi connectivity index (χ0n) is 17.9. The van der Waals surface area contributed by atoms with Gasteiger partial charge in [0.05, 0.1) is 27.2 Å². The van der Waals surface area contributed by atoms with Crippen molar-refractivity contribution in [3.8, 4) is 6.07 Å². The van der Waals surface area contributed by atoms with Crippen molar-refractivity contribution in [3.63, 3.8) is 0 Å². The molecule has 8 nitrogen and oxygen atoms in total. The van der Waals surface area contributed by atoms with E-state index in [4.69, 9.17) is 11.6 Å². The molecule has 4 fully saturated rings. The number of nitriles is 1. The molecule has 3 aliphatic heterocycles. The smallest absolute Gasteiger partial charge is 0.271 e. The number of nitrogens with zero attached hydrogens (tertiary/aromatic N) is 2. The summed E-state index contributed by atoms with van der Waals surface area (Å²) in [6.07, 6.45) is 0.594. The van der Waals surface area contributed by atoms with E-state index in [2.05, 4.69) is 15.6 Å². The van der Waals surface area contributed by atoms with Gasteiger partial charge in [0.25, 0.3) is 11.8 Å². The zero-order chi connectivity index (χ0) is 24.2. The predicted octanol–water partition coefficient (Wildman–Crippen LogP) is 3.05. The van der Waals surface area contributed by atoms with E-state index in [0.717, 1.165) is 4.70 Å². The molecule has 0 spiro atoms. The fourth-order valence-corrected chi connectivity index (χ4v) is 6.64. The van der Waals surface area contributed by atoms with Crippen LogP contribution in [0.2, 0.25) is 5.02 Å². The number of hydrogen-bond acceptors (Lipinski definition) is 5. The molecule has 0 aromatic carbocycles. The molecular weight excluding hydrogens is 488 g/mol. The molecule has 5 atom stereocenters. The van der Waals surface area contributed by atoms with Gasteiger partial charge in [0, 0.05) is 30.3 Å². The lowest BCUT2D eigenvalue weighted by Crippen LogP contribution is -2.68. The van der Waals surface area contributed by atoms with Gasteiger partial charge in [-0.25, -0.2) is 8.78 Å². The second kappa shape index (κ2) is 8.50. The van der Waals surface area contributed by atoms with Gasteiger partial charge < -0.3 is 20.5 Å². The lowest BCUT2D eigenvalue weighted by Gasteiger charge is -2.53. The molecule has 0 radical (unpaired) electrons. The van der Waals surface area contributed by atoms with Crippen LogP contribution in [0.5, 0.6) is 0 Å². The predicted molar refractivity (Wildman–Crippen MR) is 120 cm³/mol. The highest BCUT2D eigenvalue weighted by Gasteiger charge is 2.60. The quantitative estimate of drug-likeness (QED) is 0.574. The van der Waals surface area contributed by atoms with E-state index in [9.17, 15) is 28.4 Å². The van der Waals surface area contributed by atoms with Crippen LogP contribution in [-0.4, -0.2) is 58.2 Å². The van der Waals surface area contributed by atoms with Gasteiger partial charge in [-0.1, -0.05) is 11.6 Å². The van der Waals surface area contributed by atoms with Gasteiger partial charge in [-0.3, -0.25) is 14.4 Å². The number of alkyl halides is 2. The summed E-state index contributed by atoms with van der Waals surface area (Å²) >= 11 is 7.49. The Bertz CT molecular complexity index is 1210. The van der Waals surface area contributed by atoms with Crippen molar-refractivity contribution in [1.82, 2.24) is 20.5 Å². The van der Waals surface area contributed by atoms with E-state index in [0.29, 0.717) is 29.9 Å². The Morgan fingerprint density at radius 1 is 1.38 bits per heavy atom. The van der Waals surface area contributed by atoms with E-state index >= 15 is 0 Å². The molecule has 0 unspecified atom stereocenters. The maximum atomic E-state index is 14.9. The number of hydrogen-bond donors (Lipinski definition) is 3. The number of rotatable bonds is 5. The van der Waals surface area contributed by atoms with Crippen LogP contribution in [0.1, 0.15) is 42.6 Å². The standard InChI is InChI=1S/C22H22ClF2N5O3S/c23-14-9-34-16-6-15(29-17(14)16)21(33)30-12-1-2-13(22(24,25)7-12)18(30)20(32)28-11(8-26)5-10-3-4-27-19(10)31/h6,9-13,18,29H,1-5,7H2,(H,27,31)(H,28,32)/t10-,11-,12+,13+,18-/m1/s1. The Morgan fingerprint density at radius 2 is 2.18 bits per heavy atom. The van der Waals surface area contributed by atoms with Crippen molar-refractivity contribution >= 4 is 50.9 Å². The minimum Gasteiger partial charge on any atom is -0.356 e. The Hall–Kier alpha value is -2.71. The lowest BCUT2D eigenvalue weighted by molar-refractivity contribution is -0.179.